The molecule has 0 N–H and O–H groups in total. The molecule has 45 heavy (non-hydrogen) atoms. The third-order valence-electron chi connectivity index (χ3n) is 8.29. The van der Waals surface area contributed by atoms with Crippen molar-refractivity contribution in [3.63, 3.8) is 0 Å². The molecule has 5 heteroatoms. The first-order valence-electron chi connectivity index (χ1n) is 14.5. The van der Waals surface area contributed by atoms with E-state index in [1.807, 2.05) is 12.1 Å². The van der Waals surface area contributed by atoms with Crippen LogP contribution < -0.4 is 0 Å². The molecule has 0 fully saturated rings. The van der Waals surface area contributed by atoms with E-state index in [0.29, 0.717) is 11.1 Å². The standard InChI is InChI=1S/C40H22N4O/c41-19-25-15-32(23-43-21-25)28-7-5-27(6-8-28)31-13-14-36-38(17-31)45-39-18-37(34-3-1-2-4-35(34)40(36)39)30-11-9-29(10-12-30)33-16-26(20-42)22-44-24-33/h1-18,21-24H. The zero-order valence-corrected chi connectivity index (χ0v) is 23.9. The monoisotopic (exact) mass is 574 g/mol. The fraction of sp³-hybridized carbons (Fsp3) is 0. The summed E-state index contributed by atoms with van der Waals surface area (Å²) in [6.07, 6.45) is 6.69. The van der Waals surface area contributed by atoms with Crippen molar-refractivity contribution in [2.24, 2.45) is 0 Å². The van der Waals surface area contributed by atoms with Crippen molar-refractivity contribution in [2.45, 2.75) is 0 Å². The van der Waals surface area contributed by atoms with Gasteiger partial charge in [-0.05, 0) is 74.5 Å². The maximum Gasteiger partial charge on any atom is 0.136 e. The topological polar surface area (TPSA) is 86.5 Å². The predicted molar refractivity (Wildman–Crippen MR) is 178 cm³/mol. The van der Waals surface area contributed by atoms with Crippen LogP contribution in [-0.2, 0) is 0 Å². The lowest BCUT2D eigenvalue weighted by atomic mass is 9.93. The Bertz CT molecular complexity index is 2500. The summed E-state index contributed by atoms with van der Waals surface area (Å²) in [6, 6.07) is 41.7. The van der Waals surface area contributed by atoms with Crippen LogP contribution in [0.3, 0.4) is 0 Å². The Morgan fingerprint density at radius 3 is 1.58 bits per heavy atom. The Balaban J connectivity index is 1.19. The molecule has 8 aromatic rings. The number of nitriles is 2. The van der Waals surface area contributed by atoms with E-state index < -0.39 is 0 Å². The van der Waals surface area contributed by atoms with Crippen LogP contribution in [-0.4, -0.2) is 9.97 Å². The second kappa shape index (κ2) is 10.6. The Hall–Kier alpha value is -6.56. The third-order valence-corrected chi connectivity index (χ3v) is 8.29. The zero-order valence-electron chi connectivity index (χ0n) is 23.9. The first-order valence-corrected chi connectivity index (χ1v) is 14.5. The average Bonchev–Trinajstić information content (AvgIpc) is 3.49. The van der Waals surface area contributed by atoms with Crippen LogP contribution >= 0.6 is 0 Å². The molecule has 0 radical (unpaired) electrons. The van der Waals surface area contributed by atoms with Gasteiger partial charge >= 0.3 is 0 Å². The molecule has 0 amide bonds. The van der Waals surface area contributed by atoms with Gasteiger partial charge in [0.05, 0.1) is 11.1 Å². The van der Waals surface area contributed by atoms with Crippen molar-refractivity contribution in [1.82, 2.24) is 9.97 Å². The number of fused-ring (bicyclic) bond motifs is 5. The summed E-state index contributed by atoms with van der Waals surface area (Å²) in [5.41, 5.74) is 10.9. The van der Waals surface area contributed by atoms with Crippen LogP contribution in [0.1, 0.15) is 11.1 Å². The molecule has 0 spiro atoms. The number of nitrogens with zero attached hydrogens (tertiary/aromatic N) is 4. The average molecular weight is 575 g/mol. The van der Waals surface area contributed by atoms with Crippen LogP contribution in [0.25, 0.3) is 77.2 Å². The Labute approximate surface area is 258 Å². The van der Waals surface area contributed by atoms with Crippen molar-refractivity contribution in [3.8, 4) is 56.6 Å². The lowest BCUT2D eigenvalue weighted by Gasteiger charge is -2.10. The summed E-state index contributed by atoms with van der Waals surface area (Å²) in [5.74, 6) is 0. The quantitative estimate of drug-likeness (QED) is 0.209. The van der Waals surface area contributed by atoms with E-state index in [9.17, 15) is 10.5 Å². The van der Waals surface area contributed by atoms with E-state index in [1.54, 1.807) is 24.8 Å². The van der Waals surface area contributed by atoms with Gasteiger partial charge in [-0.3, -0.25) is 9.97 Å². The molecule has 3 aromatic heterocycles. The highest BCUT2D eigenvalue weighted by Crippen LogP contribution is 2.41. The van der Waals surface area contributed by atoms with Crippen molar-refractivity contribution < 1.29 is 4.42 Å². The van der Waals surface area contributed by atoms with E-state index in [-0.39, 0.29) is 0 Å². The Morgan fingerprint density at radius 1 is 0.444 bits per heavy atom. The smallest absolute Gasteiger partial charge is 0.136 e. The van der Waals surface area contributed by atoms with Gasteiger partial charge in [0, 0.05) is 46.7 Å². The number of furan rings is 1. The van der Waals surface area contributed by atoms with Gasteiger partial charge in [0.1, 0.15) is 23.3 Å². The molecular weight excluding hydrogens is 552 g/mol. The summed E-state index contributed by atoms with van der Waals surface area (Å²) in [4.78, 5) is 8.40. The van der Waals surface area contributed by atoms with Crippen LogP contribution in [0.15, 0.2) is 138 Å². The second-order valence-corrected chi connectivity index (χ2v) is 11.0. The molecule has 0 bridgehead atoms. The Morgan fingerprint density at radius 2 is 0.978 bits per heavy atom. The molecule has 0 aliphatic heterocycles. The van der Waals surface area contributed by atoms with Gasteiger partial charge in [-0.15, -0.1) is 0 Å². The maximum atomic E-state index is 9.27. The SMILES string of the molecule is N#Cc1cncc(-c2ccc(-c3ccc4c(c3)oc3cc(-c5ccc(-c6cncc(C#N)c6)cc5)c5ccccc5c34)cc2)c1. The highest BCUT2D eigenvalue weighted by atomic mass is 16.3. The van der Waals surface area contributed by atoms with Gasteiger partial charge in [0.25, 0.3) is 0 Å². The van der Waals surface area contributed by atoms with Gasteiger partial charge in [-0.1, -0.05) is 78.9 Å². The van der Waals surface area contributed by atoms with Crippen LogP contribution in [0.2, 0.25) is 0 Å². The molecule has 0 saturated heterocycles. The molecule has 3 heterocycles. The highest BCUT2D eigenvalue weighted by Gasteiger charge is 2.16. The predicted octanol–water partition coefficient (Wildman–Crippen LogP) is 9.94. The number of aromatic nitrogens is 2. The van der Waals surface area contributed by atoms with Crippen molar-refractivity contribution in [3.05, 3.63) is 145 Å². The van der Waals surface area contributed by atoms with Crippen LogP contribution in [0, 0.1) is 22.7 Å². The number of hydrogen-bond acceptors (Lipinski definition) is 5. The zero-order chi connectivity index (χ0) is 30.3. The van der Waals surface area contributed by atoms with E-state index in [1.165, 1.54) is 0 Å². The van der Waals surface area contributed by atoms with E-state index in [0.717, 1.165) is 77.2 Å². The first-order chi connectivity index (χ1) is 22.2. The van der Waals surface area contributed by atoms with Crippen LogP contribution in [0.4, 0.5) is 0 Å². The minimum absolute atomic E-state index is 0.540. The molecule has 208 valence electrons. The number of rotatable bonds is 4. The third kappa shape index (κ3) is 4.57. The highest BCUT2D eigenvalue weighted by molar-refractivity contribution is 6.22. The molecule has 8 rings (SSSR count). The molecule has 0 aliphatic carbocycles. The van der Waals surface area contributed by atoms with Crippen LogP contribution in [0.5, 0.6) is 0 Å². The summed E-state index contributed by atoms with van der Waals surface area (Å²) in [6.45, 7) is 0. The fourth-order valence-electron chi connectivity index (χ4n) is 6.07. The first kappa shape index (κ1) is 26.1. The lowest BCUT2D eigenvalue weighted by molar-refractivity contribution is 0.669. The van der Waals surface area contributed by atoms with Gasteiger partial charge in [-0.2, -0.15) is 10.5 Å². The molecule has 0 atom stereocenters. The summed E-state index contributed by atoms with van der Waals surface area (Å²) in [5, 5.41) is 23.0. The molecule has 5 aromatic carbocycles. The number of pyridine rings is 2. The van der Waals surface area contributed by atoms with E-state index >= 15 is 0 Å². The molecule has 5 nitrogen and oxygen atoms in total. The van der Waals surface area contributed by atoms with Gasteiger partial charge in [-0.25, -0.2) is 0 Å². The minimum atomic E-state index is 0.540. The largest absolute Gasteiger partial charge is 0.456 e. The lowest BCUT2D eigenvalue weighted by Crippen LogP contribution is -1.86. The molecule has 0 unspecified atom stereocenters. The van der Waals surface area contributed by atoms with Gasteiger partial charge < -0.3 is 4.42 Å². The maximum absolute atomic E-state index is 9.27. The van der Waals surface area contributed by atoms with Crippen molar-refractivity contribution >= 4 is 32.7 Å². The Kier molecular flexibility index (Phi) is 6.16. The summed E-state index contributed by atoms with van der Waals surface area (Å²) < 4.78 is 6.54. The molecular formula is C40H22N4O. The van der Waals surface area contributed by atoms with Gasteiger partial charge in [0.2, 0.25) is 0 Å². The van der Waals surface area contributed by atoms with Crippen molar-refractivity contribution in [1.29, 1.82) is 10.5 Å². The van der Waals surface area contributed by atoms with E-state index in [4.69, 9.17) is 4.42 Å². The molecule has 0 saturated carbocycles. The van der Waals surface area contributed by atoms with E-state index in [2.05, 4.69) is 119 Å². The summed E-state index contributed by atoms with van der Waals surface area (Å²) in [7, 11) is 0. The molecule has 0 aliphatic rings. The normalized spacial score (nSPS) is 11.1. The number of hydrogen-bond donors (Lipinski definition) is 0. The van der Waals surface area contributed by atoms with Gasteiger partial charge in [0.15, 0.2) is 0 Å². The number of benzene rings is 5. The van der Waals surface area contributed by atoms with Crippen molar-refractivity contribution in [2.75, 3.05) is 0 Å². The second-order valence-electron chi connectivity index (χ2n) is 11.0. The minimum Gasteiger partial charge on any atom is -0.456 e. The summed E-state index contributed by atoms with van der Waals surface area (Å²) >= 11 is 0. The fourth-order valence-corrected chi connectivity index (χ4v) is 6.07.